The highest BCUT2D eigenvalue weighted by atomic mass is 16.5. The van der Waals surface area contributed by atoms with Crippen molar-refractivity contribution in [2.24, 2.45) is 46.6 Å². The summed E-state index contributed by atoms with van der Waals surface area (Å²) in [6.45, 7) is 20.6. The van der Waals surface area contributed by atoms with Crippen molar-refractivity contribution in [1.29, 1.82) is 0 Å². The average Bonchev–Trinajstić information content (AvgIpc) is 0.851. The number of ether oxygens (including phenoxy) is 2. The molecule has 0 radical (unpaired) electrons. The van der Waals surface area contributed by atoms with E-state index in [2.05, 4.69) is 79.9 Å². The van der Waals surface area contributed by atoms with Crippen LogP contribution in [-0.2, 0) is 76.6 Å². The van der Waals surface area contributed by atoms with Gasteiger partial charge in [-0.25, -0.2) is 0 Å². The maximum atomic E-state index is 15.4. The molecule has 0 fully saturated rings. The molecule has 0 aromatic rings. The largest absolute Gasteiger partial charge is 0.481 e. The van der Waals surface area contributed by atoms with Crippen LogP contribution < -0.4 is 33.6 Å². The summed E-state index contributed by atoms with van der Waals surface area (Å²) in [5, 5.41) is 15.6. The molecule has 0 aliphatic carbocycles. The minimum atomic E-state index is -1.13. The number of carboxylic acid groups (broad SMARTS) is 1. The Morgan fingerprint density at radius 1 is 0.241 bits per heavy atom. The number of hydrogen-bond donors (Lipinski definition) is 7. The topological polar surface area (TPSA) is 441 Å². The number of hydrogen-bond acceptors (Lipinski definition) is 20. The molecule has 0 rings (SSSR count). The van der Waals surface area contributed by atoms with Crippen LogP contribution >= 0.6 is 0 Å². The van der Waals surface area contributed by atoms with Gasteiger partial charge in [-0.1, -0.05) is 339 Å². The molecule has 0 bridgehead atoms. The van der Waals surface area contributed by atoms with Gasteiger partial charge >= 0.3 is 5.97 Å². The van der Waals surface area contributed by atoms with Gasteiger partial charge in [0.05, 0.1) is 105 Å². The lowest BCUT2D eigenvalue weighted by molar-refractivity contribution is -0.148. The molecular weight excluding hydrogens is 1840 g/mol. The number of methoxy groups -OCH3 is 2. The molecule has 0 saturated heterocycles. The number of nitrogens with one attached hydrogen (secondary N) is 2. The second-order valence-electron chi connectivity index (χ2n) is 40.8. The van der Waals surface area contributed by atoms with E-state index in [1.54, 1.807) is 14.7 Å². The van der Waals surface area contributed by atoms with Crippen LogP contribution in [0.4, 0.5) is 0 Å². The number of nitrogens with zero attached hydrogens (tertiary/aromatic N) is 11. The number of carbonyl (C=O) groups excluding carboxylic acids is 13. The molecule has 0 aliphatic rings. The van der Waals surface area contributed by atoms with Gasteiger partial charge < -0.3 is 102 Å². The lowest BCUT2D eigenvalue weighted by Gasteiger charge is -2.34. The van der Waals surface area contributed by atoms with Crippen LogP contribution in [0.1, 0.15) is 397 Å². The number of carboxylic acids is 1. The van der Waals surface area contributed by atoms with Crippen molar-refractivity contribution < 1.29 is 81.7 Å². The van der Waals surface area contributed by atoms with Crippen LogP contribution in [0.2, 0.25) is 0 Å². The van der Waals surface area contributed by atoms with Crippen LogP contribution in [-0.4, -0.2) is 352 Å². The van der Waals surface area contributed by atoms with Gasteiger partial charge in [0.2, 0.25) is 76.8 Å². The zero-order valence-electron chi connectivity index (χ0n) is 93.8. The van der Waals surface area contributed by atoms with E-state index < -0.39 is 84.0 Å². The third-order valence-corrected chi connectivity index (χ3v) is 28.2. The molecule has 4 unspecified atom stereocenters. The fourth-order valence-electron chi connectivity index (χ4n) is 18.5. The summed E-state index contributed by atoms with van der Waals surface area (Å²) in [7, 11) is 3.00. The Morgan fingerprint density at radius 2 is 0.434 bits per heavy atom. The number of aliphatic carboxylic acids is 1. The first-order valence-electron chi connectivity index (χ1n) is 57.6. The lowest BCUT2D eigenvalue weighted by atomic mass is 9.97. The predicted molar refractivity (Wildman–Crippen MR) is 582 cm³/mol. The van der Waals surface area contributed by atoms with Gasteiger partial charge in [0.1, 0.15) is 0 Å². The fraction of sp³-hybridized carbons (Fsp3) is 0.874. The molecule has 0 aliphatic heterocycles. The molecular formula is C111H213N17O17. The molecule has 34 heteroatoms. The first-order valence-corrected chi connectivity index (χ1v) is 57.6. The Labute approximate surface area is 878 Å². The first-order chi connectivity index (χ1) is 70.0. The van der Waals surface area contributed by atoms with Gasteiger partial charge in [-0.15, -0.1) is 0 Å². The van der Waals surface area contributed by atoms with E-state index in [0.29, 0.717) is 51.9 Å². The number of amides is 13. The second kappa shape index (κ2) is 92.5. The maximum absolute atomic E-state index is 15.4. The maximum Gasteiger partial charge on any atom is 0.305 e. The summed E-state index contributed by atoms with van der Waals surface area (Å²) in [6, 6.07) is 0. The number of rotatable bonds is 102. The van der Waals surface area contributed by atoms with E-state index in [4.69, 9.17) is 32.4 Å². The van der Waals surface area contributed by atoms with E-state index >= 15 is 24.0 Å². The smallest absolute Gasteiger partial charge is 0.305 e. The Morgan fingerprint density at radius 3 is 0.655 bits per heavy atom. The van der Waals surface area contributed by atoms with Crippen molar-refractivity contribution in [3.05, 3.63) is 0 Å². The highest BCUT2D eigenvalue weighted by Crippen LogP contribution is 2.24. The van der Waals surface area contributed by atoms with E-state index in [0.717, 1.165) is 283 Å². The zero-order chi connectivity index (χ0) is 108. The minimum absolute atomic E-state index is 0.0208. The van der Waals surface area contributed by atoms with Crippen molar-refractivity contribution in [3.63, 3.8) is 0 Å². The van der Waals surface area contributed by atoms with Gasteiger partial charge in [0.15, 0.2) is 0 Å². The predicted octanol–water partition coefficient (Wildman–Crippen LogP) is 14.1. The van der Waals surface area contributed by atoms with Gasteiger partial charge in [0.25, 0.3) is 0 Å². The number of primary amides is 2. The zero-order valence-corrected chi connectivity index (χ0v) is 93.8. The lowest BCUT2D eigenvalue weighted by Crippen LogP contribution is -2.53. The summed E-state index contributed by atoms with van der Waals surface area (Å²) >= 11 is 0. The molecule has 13 amide bonds. The molecule has 0 saturated carbocycles. The van der Waals surface area contributed by atoms with Crippen molar-refractivity contribution in [3.8, 4) is 0 Å². The Kier molecular flexibility index (Phi) is 87.6. The molecule has 34 nitrogen and oxygen atoms in total. The number of nitrogens with two attached hydrogens (primary N) is 4. The van der Waals surface area contributed by atoms with Gasteiger partial charge in [-0.3, -0.25) is 67.1 Å². The van der Waals surface area contributed by atoms with Crippen molar-refractivity contribution in [2.45, 2.75) is 397 Å². The molecule has 0 aromatic heterocycles. The van der Waals surface area contributed by atoms with Crippen molar-refractivity contribution in [2.75, 3.05) is 211 Å². The molecule has 11 N–H and O–H groups in total. The first kappa shape index (κ1) is 137. The van der Waals surface area contributed by atoms with Crippen LogP contribution in [0, 0.1) is 23.7 Å². The normalized spacial score (nSPS) is 12.2. The fourth-order valence-corrected chi connectivity index (χ4v) is 18.5. The third kappa shape index (κ3) is 70.9. The summed E-state index contributed by atoms with van der Waals surface area (Å²) in [5.41, 5.74) is 23.1. The van der Waals surface area contributed by atoms with Crippen LogP contribution in [0.25, 0.3) is 0 Å². The molecule has 145 heavy (non-hydrogen) atoms. The average molecular weight is 2060 g/mol. The van der Waals surface area contributed by atoms with Gasteiger partial charge in [-0.2, -0.15) is 0 Å². The Bertz CT molecular complexity index is 3410. The Balaban J connectivity index is 7.06. The third-order valence-electron chi connectivity index (χ3n) is 28.2. The molecule has 4 atom stereocenters. The van der Waals surface area contributed by atoms with Crippen molar-refractivity contribution >= 4 is 82.8 Å². The van der Waals surface area contributed by atoms with E-state index in [1.165, 1.54) is 66.3 Å². The molecule has 0 heterocycles. The van der Waals surface area contributed by atoms with E-state index in [-0.39, 0.29) is 199 Å². The van der Waals surface area contributed by atoms with Crippen LogP contribution in [0.5, 0.6) is 0 Å². The van der Waals surface area contributed by atoms with Crippen molar-refractivity contribution in [1.82, 2.24) is 64.5 Å². The second-order valence-corrected chi connectivity index (χ2v) is 40.8. The van der Waals surface area contributed by atoms with Crippen LogP contribution in [0.15, 0.2) is 0 Å². The number of carbonyl (C=O) groups is 14. The standard InChI is InChI=1S/C111H213N17O17/c1-13-23-29-32-35-45-50-55-68-118(102(133)85-122(72-63-111(142)143)100(131)77-116-66-64-112)90-109(140)127(81-95(20-8)60-27-17-5)92-106(137)121(71-58-52-47-37-34-31-25-15-3)89-108(139)126(84-99(115)130)80-97(22-10)62-54-49-44-42-40-38-39-41-43-48-53-56-69-119(103(134)87-124(74-76-145-12)104(135)86-123(73-75-144-11)101(132)78-117-67-65-113)91-110(141)128(82-96(21-9)61-28-18-6)93-105(136)120(70-57-51-46-36-33-30-24-14-2)88-107(138)125(83-98(114)129)79-94(19-7)59-26-16-4/h94-97,116-117H,13-93,112-113H2,1-12H3,(H2,114,129)(H2,115,130)(H,142,143). The summed E-state index contributed by atoms with van der Waals surface area (Å²) in [4.78, 5) is 215. The minimum Gasteiger partial charge on any atom is -0.481 e. The highest BCUT2D eigenvalue weighted by molar-refractivity contribution is 5.95. The van der Waals surface area contributed by atoms with Crippen LogP contribution in [0.3, 0.4) is 0 Å². The summed E-state index contributed by atoms with van der Waals surface area (Å²) < 4.78 is 10.8. The van der Waals surface area contributed by atoms with E-state index in [1.807, 2.05) is 0 Å². The molecule has 0 aromatic carbocycles. The Hall–Kier alpha value is -7.66. The SMILES string of the molecule is CCCCCCCCCCN(CC(=O)N(CC(=O)N(CCCCCCCCCC)CC(=O)N(CC(N)=O)CC(CC)CCCCCCCCCCCCCCN(CC(=O)N(CC(=O)N(CCCCCCCCCC)CC(=O)N(CC(N)=O)CC(CC)CCCC)CC(CC)CCCC)C(=O)CN(CCOC)C(=O)CN(CCOC)C(=O)CNCCN)CC(CC)CCCC)C(=O)CN(CCC(=O)O)C(=O)CNCCN. The summed E-state index contributed by atoms with van der Waals surface area (Å²) in [5.74, 6) is -7.03. The quantitative estimate of drug-likeness (QED) is 0.0278. The van der Waals surface area contributed by atoms with E-state index in [9.17, 15) is 48.3 Å². The monoisotopic (exact) mass is 2060 g/mol. The van der Waals surface area contributed by atoms with Gasteiger partial charge in [0, 0.05) is 112 Å². The molecule has 844 valence electrons. The summed E-state index contributed by atoms with van der Waals surface area (Å²) in [6.07, 6.45) is 46.8. The highest BCUT2D eigenvalue weighted by Gasteiger charge is 2.35. The van der Waals surface area contributed by atoms with Gasteiger partial charge in [-0.05, 0) is 75.0 Å². The molecule has 0 spiro atoms. The number of unbranched alkanes of at least 4 members (excludes halogenated alkanes) is 35.